The number of amides is 1. The summed E-state index contributed by atoms with van der Waals surface area (Å²) in [4.78, 5) is 12.5. The molecule has 3 rings (SSSR count). The van der Waals surface area contributed by atoms with Crippen molar-refractivity contribution in [3.63, 3.8) is 0 Å². The maximum Gasteiger partial charge on any atom is 0.257 e. The Morgan fingerprint density at radius 2 is 1.86 bits per heavy atom. The van der Waals surface area contributed by atoms with E-state index in [0.29, 0.717) is 24.7 Å². The Bertz CT molecular complexity index is 997. The van der Waals surface area contributed by atoms with Gasteiger partial charge in [-0.05, 0) is 55.2 Å². The van der Waals surface area contributed by atoms with E-state index in [0.717, 1.165) is 25.0 Å². The number of nitrogens with one attached hydrogen (secondary N) is 1. The van der Waals surface area contributed by atoms with Gasteiger partial charge in [-0.2, -0.15) is 4.31 Å². The number of hydrogen-bond donors (Lipinski definition) is 1. The van der Waals surface area contributed by atoms with E-state index in [9.17, 15) is 17.6 Å². The zero-order valence-electron chi connectivity index (χ0n) is 15.1. The van der Waals surface area contributed by atoms with Crippen molar-refractivity contribution in [1.82, 2.24) is 4.31 Å². The number of rotatable bonds is 4. The standard InChI is InChI=1S/C19H19Cl2FN2O3S/c1-12-3-2-8-24(11-12)28(26,27)14-6-4-13(5-7-14)23-19(25)15-9-18(22)17(21)10-16(15)20/h4-7,9-10,12H,2-3,8,11H2,1H3,(H,23,25). The molecule has 1 unspecified atom stereocenters. The Morgan fingerprint density at radius 3 is 2.50 bits per heavy atom. The van der Waals surface area contributed by atoms with E-state index in [1.807, 2.05) is 6.92 Å². The van der Waals surface area contributed by atoms with Gasteiger partial charge in [0.1, 0.15) is 5.82 Å². The second kappa shape index (κ2) is 8.37. The van der Waals surface area contributed by atoms with Crippen molar-refractivity contribution in [2.24, 2.45) is 5.92 Å². The molecule has 1 N–H and O–H groups in total. The maximum atomic E-state index is 13.6. The second-order valence-corrected chi connectivity index (χ2v) is 9.59. The molecule has 5 nitrogen and oxygen atoms in total. The van der Waals surface area contributed by atoms with Crippen LogP contribution in [0.25, 0.3) is 0 Å². The largest absolute Gasteiger partial charge is 0.322 e. The third-order valence-electron chi connectivity index (χ3n) is 4.62. The lowest BCUT2D eigenvalue weighted by Gasteiger charge is -2.30. The molecule has 0 aliphatic carbocycles. The minimum Gasteiger partial charge on any atom is -0.322 e. The number of nitrogens with zero attached hydrogens (tertiary/aromatic N) is 1. The summed E-state index contributed by atoms with van der Waals surface area (Å²) < 4.78 is 40.6. The normalized spacial score (nSPS) is 18.1. The van der Waals surface area contributed by atoms with Gasteiger partial charge in [0, 0.05) is 18.8 Å². The van der Waals surface area contributed by atoms with Gasteiger partial charge < -0.3 is 5.32 Å². The first-order valence-corrected chi connectivity index (χ1v) is 10.9. The molecule has 1 fully saturated rings. The molecule has 0 bridgehead atoms. The van der Waals surface area contributed by atoms with Crippen LogP contribution in [0.15, 0.2) is 41.3 Å². The molecule has 9 heteroatoms. The van der Waals surface area contributed by atoms with E-state index in [1.54, 1.807) is 0 Å². The van der Waals surface area contributed by atoms with Gasteiger partial charge >= 0.3 is 0 Å². The third kappa shape index (κ3) is 4.49. The van der Waals surface area contributed by atoms with Gasteiger partial charge in [-0.25, -0.2) is 12.8 Å². The van der Waals surface area contributed by atoms with Crippen molar-refractivity contribution in [3.05, 3.63) is 57.8 Å². The molecule has 1 aliphatic heterocycles. The van der Waals surface area contributed by atoms with Crippen LogP contribution in [0, 0.1) is 11.7 Å². The molecule has 150 valence electrons. The SMILES string of the molecule is CC1CCCN(S(=O)(=O)c2ccc(NC(=O)c3cc(F)c(Cl)cc3Cl)cc2)C1. The van der Waals surface area contributed by atoms with Crippen LogP contribution in [0.1, 0.15) is 30.1 Å². The summed E-state index contributed by atoms with van der Waals surface area (Å²) in [6, 6.07) is 7.96. The van der Waals surface area contributed by atoms with Gasteiger partial charge in [0.2, 0.25) is 10.0 Å². The summed E-state index contributed by atoms with van der Waals surface area (Å²) in [6.45, 7) is 3.04. The fourth-order valence-corrected chi connectivity index (χ4v) is 5.19. The number of carbonyl (C=O) groups excluding carboxylic acids is 1. The highest BCUT2D eigenvalue weighted by atomic mass is 35.5. The summed E-state index contributed by atoms with van der Waals surface area (Å²) in [6.07, 6.45) is 1.86. The first kappa shape index (κ1) is 21.0. The van der Waals surface area contributed by atoms with Crippen LogP contribution in [0.5, 0.6) is 0 Å². The molecule has 0 radical (unpaired) electrons. The highest BCUT2D eigenvalue weighted by Crippen LogP contribution is 2.27. The second-order valence-electron chi connectivity index (χ2n) is 6.84. The summed E-state index contributed by atoms with van der Waals surface area (Å²) >= 11 is 11.6. The van der Waals surface area contributed by atoms with E-state index < -0.39 is 21.7 Å². The van der Waals surface area contributed by atoms with Crippen molar-refractivity contribution >= 4 is 44.8 Å². The van der Waals surface area contributed by atoms with E-state index in [4.69, 9.17) is 23.2 Å². The Kier molecular flexibility index (Phi) is 6.29. The Balaban J connectivity index is 1.76. The minimum absolute atomic E-state index is 0.0160. The molecule has 1 saturated heterocycles. The zero-order chi connectivity index (χ0) is 20.5. The van der Waals surface area contributed by atoms with Crippen molar-refractivity contribution in [3.8, 4) is 0 Å². The molecule has 1 amide bonds. The number of halogens is 3. The summed E-state index contributed by atoms with van der Waals surface area (Å²) in [5, 5.41) is 2.41. The van der Waals surface area contributed by atoms with Gasteiger partial charge in [-0.3, -0.25) is 4.79 Å². The first-order valence-electron chi connectivity index (χ1n) is 8.74. The zero-order valence-corrected chi connectivity index (χ0v) is 17.4. The molecular formula is C19H19Cl2FN2O3S. The molecule has 0 aromatic heterocycles. The molecule has 1 atom stereocenters. The Labute approximate surface area is 173 Å². The van der Waals surface area contributed by atoms with E-state index in [2.05, 4.69) is 5.32 Å². The quantitative estimate of drug-likeness (QED) is 0.688. The molecule has 1 aliphatic rings. The van der Waals surface area contributed by atoms with Crippen LogP contribution in [0.2, 0.25) is 10.0 Å². The molecule has 2 aromatic rings. The van der Waals surface area contributed by atoms with Crippen molar-refractivity contribution in [1.29, 1.82) is 0 Å². The fourth-order valence-electron chi connectivity index (χ4n) is 3.12. The van der Waals surface area contributed by atoms with Gasteiger partial charge in [0.25, 0.3) is 5.91 Å². The fraction of sp³-hybridized carbons (Fsp3) is 0.316. The molecule has 0 spiro atoms. The van der Waals surface area contributed by atoms with E-state index in [-0.39, 0.29) is 20.5 Å². The van der Waals surface area contributed by atoms with Crippen molar-refractivity contribution in [2.75, 3.05) is 18.4 Å². The molecule has 1 heterocycles. The lowest BCUT2D eigenvalue weighted by molar-refractivity contribution is 0.102. The third-order valence-corrected chi connectivity index (χ3v) is 7.11. The number of sulfonamides is 1. The highest BCUT2D eigenvalue weighted by Gasteiger charge is 2.28. The number of piperidine rings is 1. The van der Waals surface area contributed by atoms with Crippen LogP contribution >= 0.6 is 23.2 Å². The number of benzene rings is 2. The summed E-state index contributed by atoms with van der Waals surface area (Å²) in [5.74, 6) is -1.05. The average Bonchev–Trinajstić information content (AvgIpc) is 2.65. The predicted molar refractivity (Wildman–Crippen MR) is 108 cm³/mol. The highest BCUT2D eigenvalue weighted by molar-refractivity contribution is 7.89. The molecule has 28 heavy (non-hydrogen) atoms. The molecule has 2 aromatic carbocycles. The van der Waals surface area contributed by atoms with Gasteiger partial charge in [0.05, 0.1) is 20.5 Å². The minimum atomic E-state index is -3.57. The Morgan fingerprint density at radius 1 is 1.18 bits per heavy atom. The van der Waals surface area contributed by atoms with E-state index in [1.165, 1.54) is 28.6 Å². The van der Waals surface area contributed by atoms with Crippen LogP contribution in [0.4, 0.5) is 10.1 Å². The van der Waals surface area contributed by atoms with E-state index >= 15 is 0 Å². The van der Waals surface area contributed by atoms with Crippen LogP contribution < -0.4 is 5.32 Å². The summed E-state index contributed by atoms with van der Waals surface area (Å²) in [7, 11) is -3.57. The van der Waals surface area contributed by atoms with Gasteiger partial charge in [-0.15, -0.1) is 0 Å². The number of anilines is 1. The molecular weight excluding hydrogens is 426 g/mol. The molecule has 0 saturated carbocycles. The van der Waals surface area contributed by atoms with Crippen LogP contribution in [-0.2, 0) is 10.0 Å². The number of carbonyl (C=O) groups is 1. The topological polar surface area (TPSA) is 66.5 Å². The smallest absolute Gasteiger partial charge is 0.257 e. The average molecular weight is 445 g/mol. The van der Waals surface area contributed by atoms with Gasteiger partial charge in [0.15, 0.2) is 0 Å². The van der Waals surface area contributed by atoms with Crippen LogP contribution in [-0.4, -0.2) is 31.7 Å². The predicted octanol–water partition coefficient (Wildman–Crippen LogP) is 4.81. The van der Waals surface area contributed by atoms with Crippen LogP contribution in [0.3, 0.4) is 0 Å². The van der Waals surface area contributed by atoms with Crippen molar-refractivity contribution < 1.29 is 17.6 Å². The monoisotopic (exact) mass is 444 g/mol. The summed E-state index contributed by atoms with van der Waals surface area (Å²) in [5.41, 5.74) is 0.296. The Hall–Kier alpha value is -1.67. The first-order chi connectivity index (χ1) is 13.2. The number of hydrogen-bond acceptors (Lipinski definition) is 3. The maximum absolute atomic E-state index is 13.6. The lowest BCUT2D eigenvalue weighted by Crippen LogP contribution is -2.39. The van der Waals surface area contributed by atoms with Gasteiger partial charge in [-0.1, -0.05) is 30.1 Å². The van der Waals surface area contributed by atoms with Crippen molar-refractivity contribution in [2.45, 2.75) is 24.7 Å². The lowest BCUT2D eigenvalue weighted by atomic mass is 10.0.